The third-order valence-electron chi connectivity index (χ3n) is 4.41. The van der Waals surface area contributed by atoms with Crippen LogP contribution in [-0.2, 0) is 23.2 Å². The molecular weight excluding hydrogens is 286 g/mol. The molecule has 7 heteroatoms. The summed E-state index contributed by atoms with van der Waals surface area (Å²) < 4.78 is 5.54. The third-order valence-corrected chi connectivity index (χ3v) is 5.85. The zero-order valence-corrected chi connectivity index (χ0v) is 13.3. The minimum absolute atomic E-state index is 0.289. The smallest absolute Gasteiger partial charge is 0.195 e. The lowest BCUT2D eigenvalue weighted by Gasteiger charge is -2.33. The molecule has 0 amide bonds. The van der Waals surface area contributed by atoms with Gasteiger partial charge < -0.3 is 21.5 Å². The molecule has 0 fully saturated rings. The molecule has 1 aromatic rings. The standard InChI is InChI=1S/C14H23N5OS/c1-17-14(5-6-15)12-11(18-13(16)19-14)9-7-8(20-2)3-4-10(9)21-12/h8,17H,3-7,15H2,1-2H3,(H3,16,18,19). The summed E-state index contributed by atoms with van der Waals surface area (Å²) >= 11 is 1.83. The highest BCUT2D eigenvalue weighted by atomic mass is 32.1. The second-order valence-electron chi connectivity index (χ2n) is 5.58. The van der Waals surface area contributed by atoms with Crippen molar-refractivity contribution in [2.75, 3.05) is 26.0 Å². The Kier molecular flexibility index (Phi) is 3.92. The van der Waals surface area contributed by atoms with Crippen molar-refractivity contribution in [2.45, 2.75) is 37.5 Å². The van der Waals surface area contributed by atoms with Gasteiger partial charge in [0.25, 0.3) is 0 Å². The van der Waals surface area contributed by atoms with Crippen molar-refractivity contribution in [1.82, 2.24) is 5.32 Å². The summed E-state index contributed by atoms with van der Waals surface area (Å²) in [6, 6.07) is 0. The van der Waals surface area contributed by atoms with E-state index in [1.54, 1.807) is 7.11 Å². The molecule has 21 heavy (non-hydrogen) atoms. The van der Waals surface area contributed by atoms with E-state index >= 15 is 0 Å². The maximum absolute atomic E-state index is 6.02. The molecule has 2 unspecified atom stereocenters. The summed E-state index contributed by atoms with van der Waals surface area (Å²) in [5.41, 5.74) is 13.8. The number of aliphatic imine (C=N–C) groups is 1. The summed E-state index contributed by atoms with van der Waals surface area (Å²) in [5.74, 6) is 0.449. The molecular formula is C14H23N5OS. The Balaban J connectivity index is 2.08. The van der Waals surface area contributed by atoms with Crippen LogP contribution in [-0.4, -0.2) is 32.8 Å². The van der Waals surface area contributed by atoms with E-state index in [2.05, 4.69) is 15.6 Å². The summed E-state index contributed by atoms with van der Waals surface area (Å²) in [5, 5.41) is 6.59. The first-order valence-electron chi connectivity index (χ1n) is 7.32. The van der Waals surface area contributed by atoms with Gasteiger partial charge in [0.1, 0.15) is 0 Å². The molecule has 6 nitrogen and oxygen atoms in total. The van der Waals surface area contributed by atoms with E-state index in [-0.39, 0.29) is 6.10 Å². The number of nitrogens with two attached hydrogens (primary N) is 2. The number of rotatable bonds is 4. The van der Waals surface area contributed by atoms with Gasteiger partial charge in [-0.1, -0.05) is 0 Å². The highest BCUT2D eigenvalue weighted by molar-refractivity contribution is 7.13. The number of hydrogen-bond donors (Lipinski definition) is 4. The molecule has 1 aliphatic carbocycles. The maximum atomic E-state index is 6.02. The highest BCUT2D eigenvalue weighted by Crippen LogP contribution is 2.46. The summed E-state index contributed by atoms with van der Waals surface area (Å²) in [4.78, 5) is 7.24. The minimum atomic E-state index is -0.496. The van der Waals surface area contributed by atoms with Crippen LogP contribution in [0.15, 0.2) is 4.99 Å². The zero-order chi connectivity index (χ0) is 15.0. The fraction of sp³-hybridized carbons (Fsp3) is 0.643. The largest absolute Gasteiger partial charge is 0.381 e. The molecule has 6 N–H and O–H groups in total. The summed E-state index contributed by atoms with van der Waals surface area (Å²) in [6.07, 6.45) is 4.07. The van der Waals surface area contributed by atoms with Crippen molar-refractivity contribution in [3.63, 3.8) is 0 Å². The Labute approximate surface area is 128 Å². The number of ether oxygens (including phenoxy) is 1. The molecule has 1 aliphatic heterocycles. The van der Waals surface area contributed by atoms with E-state index in [0.717, 1.165) is 31.4 Å². The predicted molar refractivity (Wildman–Crippen MR) is 86.8 cm³/mol. The van der Waals surface area contributed by atoms with Crippen molar-refractivity contribution in [3.05, 3.63) is 15.3 Å². The Morgan fingerprint density at radius 3 is 3.05 bits per heavy atom. The van der Waals surface area contributed by atoms with Crippen molar-refractivity contribution < 1.29 is 4.74 Å². The van der Waals surface area contributed by atoms with Gasteiger partial charge in [-0.05, 0) is 32.0 Å². The van der Waals surface area contributed by atoms with Crippen LogP contribution < -0.4 is 22.1 Å². The maximum Gasteiger partial charge on any atom is 0.195 e. The first-order chi connectivity index (χ1) is 10.1. The fourth-order valence-corrected chi connectivity index (χ4v) is 4.73. The fourth-order valence-electron chi connectivity index (χ4n) is 3.26. The molecule has 3 rings (SSSR count). The number of hydrogen-bond acceptors (Lipinski definition) is 7. The van der Waals surface area contributed by atoms with Crippen LogP contribution in [0.4, 0.5) is 5.69 Å². The second-order valence-corrected chi connectivity index (χ2v) is 6.68. The molecule has 0 saturated carbocycles. The van der Waals surface area contributed by atoms with Crippen LogP contribution in [0.5, 0.6) is 0 Å². The highest BCUT2D eigenvalue weighted by Gasteiger charge is 2.40. The van der Waals surface area contributed by atoms with Gasteiger partial charge in [-0.3, -0.25) is 5.32 Å². The van der Waals surface area contributed by atoms with E-state index in [1.165, 1.54) is 15.3 Å². The molecule has 0 radical (unpaired) electrons. The van der Waals surface area contributed by atoms with Crippen LogP contribution in [0.1, 0.15) is 28.2 Å². The van der Waals surface area contributed by atoms with Gasteiger partial charge in [0.15, 0.2) is 11.6 Å². The van der Waals surface area contributed by atoms with Gasteiger partial charge in [0.05, 0.1) is 16.7 Å². The van der Waals surface area contributed by atoms with Crippen LogP contribution >= 0.6 is 11.3 Å². The molecule has 2 atom stereocenters. The summed E-state index contributed by atoms with van der Waals surface area (Å²) in [7, 11) is 3.70. The number of methoxy groups -OCH3 is 1. The lowest BCUT2D eigenvalue weighted by atomic mass is 9.92. The van der Waals surface area contributed by atoms with E-state index < -0.39 is 5.66 Å². The lowest BCUT2D eigenvalue weighted by Crippen LogP contribution is -2.45. The molecule has 116 valence electrons. The Morgan fingerprint density at radius 1 is 1.57 bits per heavy atom. The zero-order valence-electron chi connectivity index (χ0n) is 12.5. The number of fused-ring (bicyclic) bond motifs is 3. The van der Waals surface area contributed by atoms with Gasteiger partial charge in [-0.25, -0.2) is 4.99 Å². The van der Waals surface area contributed by atoms with Crippen LogP contribution in [0.25, 0.3) is 0 Å². The topological polar surface area (TPSA) is 97.7 Å². The molecule has 0 saturated heterocycles. The Hall–Kier alpha value is -1.15. The molecule has 0 bridgehead atoms. The van der Waals surface area contributed by atoms with E-state index in [4.69, 9.17) is 16.2 Å². The monoisotopic (exact) mass is 309 g/mol. The summed E-state index contributed by atoms with van der Waals surface area (Å²) in [6.45, 7) is 0.556. The van der Waals surface area contributed by atoms with E-state index in [9.17, 15) is 0 Å². The van der Waals surface area contributed by atoms with Crippen molar-refractivity contribution >= 4 is 23.0 Å². The van der Waals surface area contributed by atoms with Gasteiger partial charge in [0, 0.05) is 24.8 Å². The molecule has 1 aromatic heterocycles. The normalized spacial score (nSPS) is 27.6. The van der Waals surface area contributed by atoms with Gasteiger partial charge in [-0.15, -0.1) is 11.3 Å². The number of anilines is 1. The predicted octanol–water partition coefficient (Wildman–Crippen LogP) is 0.713. The number of nitrogens with one attached hydrogen (secondary N) is 2. The minimum Gasteiger partial charge on any atom is -0.381 e. The lowest BCUT2D eigenvalue weighted by molar-refractivity contribution is 0.0918. The molecule has 0 spiro atoms. The van der Waals surface area contributed by atoms with E-state index in [0.29, 0.717) is 12.5 Å². The number of nitrogens with zero attached hydrogens (tertiary/aromatic N) is 1. The average molecular weight is 309 g/mol. The first-order valence-corrected chi connectivity index (χ1v) is 8.14. The number of thiophene rings is 1. The van der Waals surface area contributed by atoms with Gasteiger partial charge in [-0.2, -0.15) is 0 Å². The molecule has 2 heterocycles. The third kappa shape index (κ3) is 2.34. The van der Waals surface area contributed by atoms with Crippen molar-refractivity contribution in [1.29, 1.82) is 0 Å². The van der Waals surface area contributed by atoms with E-state index in [1.807, 2.05) is 18.4 Å². The van der Waals surface area contributed by atoms with Crippen LogP contribution in [0.3, 0.4) is 0 Å². The van der Waals surface area contributed by atoms with Gasteiger partial charge in [0.2, 0.25) is 0 Å². The number of guanidine groups is 1. The quantitative estimate of drug-likeness (QED) is 0.657. The van der Waals surface area contributed by atoms with Gasteiger partial charge >= 0.3 is 0 Å². The molecule has 0 aromatic carbocycles. The Morgan fingerprint density at radius 2 is 2.38 bits per heavy atom. The van der Waals surface area contributed by atoms with Crippen molar-refractivity contribution in [2.24, 2.45) is 16.5 Å². The SMILES string of the molecule is CNC1(CCN)N=C(N)Nc2c1sc1c2CC(OC)CC1. The molecule has 2 aliphatic rings. The first kappa shape index (κ1) is 14.8. The second kappa shape index (κ2) is 5.57. The number of aryl methyl sites for hydroxylation is 1. The average Bonchev–Trinajstić information content (AvgIpc) is 2.85. The Bertz CT molecular complexity index is 570. The van der Waals surface area contributed by atoms with Crippen LogP contribution in [0.2, 0.25) is 0 Å². The van der Waals surface area contributed by atoms with Crippen LogP contribution in [0, 0.1) is 0 Å². The van der Waals surface area contributed by atoms with Crippen molar-refractivity contribution in [3.8, 4) is 0 Å².